The molecule has 1 aliphatic rings. The van der Waals surface area contributed by atoms with Crippen LogP contribution >= 0.6 is 11.3 Å². The Labute approximate surface area is 207 Å². The predicted molar refractivity (Wildman–Crippen MR) is 134 cm³/mol. The minimum absolute atomic E-state index is 0.0294. The predicted octanol–water partition coefficient (Wildman–Crippen LogP) is 5.04. The van der Waals surface area contributed by atoms with Gasteiger partial charge in [-0.15, -0.1) is 0 Å². The van der Waals surface area contributed by atoms with Crippen molar-refractivity contribution in [1.29, 1.82) is 0 Å². The summed E-state index contributed by atoms with van der Waals surface area (Å²) in [7, 11) is 0. The number of carbonyl (C=O) groups is 3. The summed E-state index contributed by atoms with van der Waals surface area (Å²) in [5.41, 5.74) is 5.06. The van der Waals surface area contributed by atoms with Crippen LogP contribution in [-0.4, -0.2) is 41.2 Å². The maximum absolute atomic E-state index is 12.5. The van der Waals surface area contributed by atoms with E-state index in [1.807, 2.05) is 31.2 Å². The van der Waals surface area contributed by atoms with Crippen molar-refractivity contribution in [2.45, 2.75) is 32.6 Å². The third-order valence-corrected chi connectivity index (χ3v) is 7.09. The Bertz CT molecular complexity index is 1210. The molecule has 3 aromatic rings. The average Bonchev–Trinajstić information content (AvgIpc) is 3.37. The van der Waals surface area contributed by atoms with E-state index in [-0.39, 0.29) is 35.9 Å². The van der Waals surface area contributed by atoms with Gasteiger partial charge in [-0.2, -0.15) is 0 Å². The van der Waals surface area contributed by atoms with Gasteiger partial charge in [-0.05, 0) is 41.5 Å². The average molecular weight is 494 g/mol. The van der Waals surface area contributed by atoms with Crippen LogP contribution < -0.4 is 10.6 Å². The molecule has 0 saturated heterocycles. The summed E-state index contributed by atoms with van der Waals surface area (Å²) < 4.78 is 5.55. The number of ether oxygens (including phenoxy) is 1. The molecule has 9 heteroatoms. The Morgan fingerprint density at radius 1 is 1.09 bits per heavy atom. The van der Waals surface area contributed by atoms with Gasteiger partial charge in [-0.25, -0.2) is 9.78 Å². The van der Waals surface area contributed by atoms with Gasteiger partial charge >= 0.3 is 12.1 Å². The molecule has 1 atom stereocenters. The van der Waals surface area contributed by atoms with Crippen LogP contribution in [0.3, 0.4) is 0 Å². The lowest BCUT2D eigenvalue weighted by Gasteiger charge is -2.14. The summed E-state index contributed by atoms with van der Waals surface area (Å²) in [5, 5.41) is 14.5. The van der Waals surface area contributed by atoms with Crippen molar-refractivity contribution in [3.8, 4) is 11.1 Å². The van der Waals surface area contributed by atoms with Crippen molar-refractivity contribution in [1.82, 2.24) is 10.3 Å². The van der Waals surface area contributed by atoms with Gasteiger partial charge in [0.05, 0.1) is 5.69 Å². The number of fused-ring (bicyclic) bond motifs is 3. The molecule has 0 saturated carbocycles. The van der Waals surface area contributed by atoms with Crippen molar-refractivity contribution < 1.29 is 24.2 Å². The standard InChI is InChI=1S/C26H27N3O5S/c1-15(11-12-22(30)31)13-27-24(32)23-16(2)28-25(35-23)29-26(33)34-14-21-19-9-5-3-7-17(19)18-8-4-6-10-20(18)21/h3-10,15,21H,11-14H2,1-2H3,(H,27,32)(H,30,31)(H,28,29,33). The van der Waals surface area contributed by atoms with Crippen molar-refractivity contribution in [2.24, 2.45) is 5.92 Å². The maximum atomic E-state index is 12.5. The Morgan fingerprint density at radius 3 is 2.34 bits per heavy atom. The van der Waals surface area contributed by atoms with Crippen LogP contribution in [0.15, 0.2) is 48.5 Å². The second kappa shape index (κ2) is 10.7. The lowest BCUT2D eigenvalue weighted by atomic mass is 9.98. The van der Waals surface area contributed by atoms with E-state index in [2.05, 4.69) is 39.9 Å². The van der Waals surface area contributed by atoms with Gasteiger partial charge in [-0.1, -0.05) is 66.8 Å². The number of nitrogens with zero attached hydrogens (tertiary/aromatic N) is 1. The Morgan fingerprint density at radius 2 is 1.71 bits per heavy atom. The van der Waals surface area contributed by atoms with Gasteiger partial charge in [0.2, 0.25) is 0 Å². The molecule has 8 nitrogen and oxygen atoms in total. The Hall–Kier alpha value is -3.72. The van der Waals surface area contributed by atoms with Crippen LogP contribution in [0.5, 0.6) is 0 Å². The number of carboxylic acid groups (broad SMARTS) is 1. The quantitative estimate of drug-likeness (QED) is 0.384. The fourth-order valence-electron chi connectivity index (χ4n) is 4.20. The minimum Gasteiger partial charge on any atom is -0.481 e. The highest BCUT2D eigenvalue weighted by atomic mass is 32.1. The fourth-order valence-corrected chi connectivity index (χ4v) is 5.07. The monoisotopic (exact) mass is 493 g/mol. The molecule has 4 rings (SSSR count). The number of aryl methyl sites for hydroxylation is 1. The first-order valence-electron chi connectivity index (χ1n) is 11.4. The molecule has 182 valence electrons. The molecule has 0 fully saturated rings. The van der Waals surface area contributed by atoms with Crippen LogP contribution in [-0.2, 0) is 9.53 Å². The summed E-state index contributed by atoms with van der Waals surface area (Å²) in [6.07, 6.45) is -0.0914. The number of benzene rings is 2. The summed E-state index contributed by atoms with van der Waals surface area (Å²) in [4.78, 5) is 40.4. The molecule has 0 spiro atoms. The van der Waals surface area contributed by atoms with E-state index < -0.39 is 12.1 Å². The van der Waals surface area contributed by atoms with Gasteiger partial charge in [-0.3, -0.25) is 14.9 Å². The highest BCUT2D eigenvalue weighted by Crippen LogP contribution is 2.44. The molecular weight excluding hydrogens is 466 g/mol. The highest BCUT2D eigenvalue weighted by Gasteiger charge is 2.29. The molecule has 0 bridgehead atoms. The summed E-state index contributed by atoms with van der Waals surface area (Å²) >= 11 is 1.07. The summed E-state index contributed by atoms with van der Waals surface area (Å²) in [5.74, 6) is -1.18. The first-order valence-corrected chi connectivity index (χ1v) is 12.2. The van der Waals surface area contributed by atoms with E-state index >= 15 is 0 Å². The zero-order chi connectivity index (χ0) is 24.9. The van der Waals surface area contributed by atoms with Gasteiger partial charge in [0.25, 0.3) is 5.91 Å². The number of aliphatic carboxylic acids is 1. The maximum Gasteiger partial charge on any atom is 0.413 e. The first-order chi connectivity index (χ1) is 16.8. The lowest BCUT2D eigenvalue weighted by molar-refractivity contribution is -0.137. The topological polar surface area (TPSA) is 118 Å². The molecule has 1 heterocycles. The normalized spacial score (nSPS) is 13.0. The highest BCUT2D eigenvalue weighted by molar-refractivity contribution is 7.17. The molecule has 2 amide bonds. The molecule has 1 aromatic heterocycles. The van der Waals surface area contributed by atoms with Gasteiger partial charge in [0.1, 0.15) is 11.5 Å². The molecule has 35 heavy (non-hydrogen) atoms. The van der Waals surface area contributed by atoms with Crippen molar-refractivity contribution in [3.63, 3.8) is 0 Å². The second-order valence-electron chi connectivity index (χ2n) is 8.63. The zero-order valence-electron chi connectivity index (χ0n) is 19.5. The van der Waals surface area contributed by atoms with E-state index in [9.17, 15) is 14.4 Å². The van der Waals surface area contributed by atoms with Crippen molar-refractivity contribution in [3.05, 3.63) is 70.2 Å². The van der Waals surface area contributed by atoms with Gasteiger partial charge < -0.3 is 15.2 Å². The molecular formula is C26H27N3O5S. The number of anilines is 1. The van der Waals surface area contributed by atoms with Crippen molar-refractivity contribution in [2.75, 3.05) is 18.5 Å². The number of nitrogens with one attached hydrogen (secondary N) is 2. The molecule has 0 radical (unpaired) electrons. The number of carbonyl (C=O) groups excluding carboxylic acids is 2. The first kappa shape index (κ1) is 24.4. The number of hydrogen-bond acceptors (Lipinski definition) is 6. The SMILES string of the molecule is Cc1nc(NC(=O)OCC2c3ccccc3-c3ccccc32)sc1C(=O)NCC(C)CCC(=O)O. The van der Waals surface area contributed by atoms with Crippen LogP contribution in [0.25, 0.3) is 11.1 Å². The van der Waals surface area contributed by atoms with E-state index in [4.69, 9.17) is 9.84 Å². The van der Waals surface area contributed by atoms with Gasteiger partial charge in [0, 0.05) is 18.9 Å². The van der Waals surface area contributed by atoms with E-state index in [0.717, 1.165) is 33.6 Å². The van der Waals surface area contributed by atoms with Crippen molar-refractivity contribution >= 4 is 34.4 Å². The second-order valence-corrected chi connectivity index (χ2v) is 9.63. The van der Waals surface area contributed by atoms with Crippen LogP contribution in [0, 0.1) is 12.8 Å². The summed E-state index contributed by atoms with van der Waals surface area (Å²) in [6, 6.07) is 16.2. The largest absolute Gasteiger partial charge is 0.481 e. The minimum atomic E-state index is -0.856. The third-order valence-electron chi connectivity index (χ3n) is 6.02. The number of amides is 2. The molecule has 0 aliphatic heterocycles. The molecule has 3 N–H and O–H groups in total. The van der Waals surface area contributed by atoms with Crippen LogP contribution in [0.2, 0.25) is 0 Å². The third kappa shape index (κ3) is 5.68. The smallest absolute Gasteiger partial charge is 0.413 e. The zero-order valence-corrected chi connectivity index (χ0v) is 20.4. The number of rotatable bonds is 9. The number of carboxylic acids is 1. The van der Waals surface area contributed by atoms with E-state index in [0.29, 0.717) is 23.5 Å². The van der Waals surface area contributed by atoms with Crippen LogP contribution in [0.4, 0.5) is 9.93 Å². The lowest BCUT2D eigenvalue weighted by Crippen LogP contribution is -2.28. The van der Waals surface area contributed by atoms with E-state index in [1.165, 1.54) is 0 Å². The molecule has 2 aromatic carbocycles. The number of aromatic nitrogens is 1. The van der Waals surface area contributed by atoms with Crippen LogP contribution in [0.1, 0.15) is 52.2 Å². The number of thiazole rings is 1. The van der Waals surface area contributed by atoms with E-state index in [1.54, 1.807) is 6.92 Å². The molecule has 1 unspecified atom stereocenters. The summed E-state index contributed by atoms with van der Waals surface area (Å²) in [6.45, 7) is 4.12. The number of hydrogen-bond donors (Lipinski definition) is 3. The van der Waals surface area contributed by atoms with Gasteiger partial charge in [0.15, 0.2) is 5.13 Å². The Kier molecular flexibility index (Phi) is 7.45. The Balaban J connectivity index is 1.33. The molecule has 1 aliphatic carbocycles. The fraction of sp³-hybridized carbons (Fsp3) is 0.308.